The molecule has 166 valence electrons. The van der Waals surface area contributed by atoms with Crippen LogP contribution in [0.5, 0.6) is 0 Å². The predicted octanol–water partition coefficient (Wildman–Crippen LogP) is 4.02. The van der Waals surface area contributed by atoms with Crippen molar-refractivity contribution in [3.05, 3.63) is 98.8 Å². The topological polar surface area (TPSA) is 105 Å². The molecule has 0 aliphatic carbocycles. The molecule has 0 radical (unpaired) electrons. The van der Waals surface area contributed by atoms with Crippen LogP contribution in [0.4, 0.5) is 11.4 Å². The number of hydrogen-bond acceptors (Lipinski definition) is 6. The van der Waals surface area contributed by atoms with E-state index in [4.69, 9.17) is 11.6 Å². The van der Waals surface area contributed by atoms with Crippen LogP contribution in [0.1, 0.15) is 27.4 Å². The fourth-order valence-electron chi connectivity index (χ4n) is 5.27. The Morgan fingerprint density at radius 2 is 2.06 bits per heavy atom. The second-order valence-corrected chi connectivity index (χ2v) is 8.77. The first-order valence-electron chi connectivity index (χ1n) is 10.4. The normalized spacial score (nSPS) is 24.0. The van der Waals surface area contributed by atoms with Crippen molar-refractivity contribution in [3.63, 3.8) is 0 Å². The summed E-state index contributed by atoms with van der Waals surface area (Å²) in [5.41, 5.74) is 0.831. The number of carbonyl (C=O) groups is 2. The van der Waals surface area contributed by atoms with Crippen LogP contribution in [0, 0.1) is 16.0 Å². The van der Waals surface area contributed by atoms with E-state index in [1.54, 1.807) is 55.7 Å². The Morgan fingerprint density at radius 3 is 2.79 bits per heavy atom. The molecule has 3 heterocycles. The van der Waals surface area contributed by atoms with Gasteiger partial charge in [0, 0.05) is 58.8 Å². The monoisotopic (exact) mass is 462 g/mol. The lowest BCUT2D eigenvalue weighted by molar-refractivity contribution is -0.384. The van der Waals surface area contributed by atoms with Gasteiger partial charge in [0.1, 0.15) is 5.54 Å². The summed E-state index contributed by atoms with van der Waals surface area (Å²) >= 11 is 6.31. The van der Waals surface area contributed by atoms with Gasteiger partial charge < -0.3 is 5.32 Å². The number of Topliss-reactive ketones (excluding diaryl/α,β-unsaturated/α-hetero) is 1. The van der Waals surface area contributed by atoms with Gasteiger partial charge in [-0.3, -0.25) is 29.6 Å². The number of nitrogens with zero attached hydrogens (tertiary/aromatic N) is 3. The minimum atomic E-state index is -1.32. The molecule has 3 atom stereocenters. The number of anilines is 1. The fraction of sp³-hybridized carbons (Fsp3) is 0.208. The SMILES string of the molecule is CN1CC(c2cccc([N+](=O)[O-])c2)C(C(=O)c2cccnc2)C12C(=O)Nc1ccc(Cl)cc12. The highest BCUT2D eigenvalue weighted by atomic mass is 35.5. The Kier molecular flexibility index (Phi) is 4.99. The molecule has 2 aliphatic rings. The molecule has 1 aromatic heterocycles. The van der Waals surface area contributed by atoms with Crippen molar-refractivity contribution >= 4 is 34.7 Å². The summed E-state index contributed by atoms with van der Waals surface area (Å²) in [6.07, 6.45) is 3.05. The molecular formula is C24H19ClN4O4. The molecule has 33 heavy (non-hydrogen) atoms. The Balaban J connectivity index is 1.74. The van der Waals surface area contributed by atoms with Crippen molar-refractivity contribution in [2.75, 3.05) is 18.9 Å². The van der Waals surface area contributed by atoms with Crippen LogP contribution in [-0.2, 0) is 10.3 Å². The highest BCUT2D eigenvalue weighted by Crippen LogP contribution is 2.56. The van der Waals surface area contributed by atoms with Gasteiger partial charge in [-0.2, -0.15) is 0 Å². The van der Waals surface area contributed by atoms with Gasteiger partial charge in [-0.25, -0.2) is 0 Å². The number of amides is 1. The largest absolute Gasteiger partial charge is 0.324 e. The van der Waals surface area contributed by atoms with Gasteiger partial charge >= 0.3 is 0 Å². The first-order chi connectivity index (χ1) is 15.8. The number of benzene rings is 2. The third kappa shape index (κ3) is 3.13. The molecule has 1 fully saturated rings. The number of carbonyl (C=O) groups excluding carboxylic acids is 2. The molecule has 2 aliphatic heterocycles. The summed E-state index contributed by atoms with van der Waals surface area (Å²) in [5.74, 6) is -1.91. The molecule has 5 rings (SSSR count). The van der Waals surface area contributed by atoms with Gasteiger partial charge in [-0.15, -0.1) is 0 Å². The lowest BCUT2D eigenvalue weighted by Crippen LogP contribution is -2.51. The van der Waals surface area contributed by atoms with Crippen LogP contribution in [0.15, 0.2) is 67.0 Å². The van der Waals surface area contributed by atoms with Crippen LogP contribution < -0.4 is 5.32 Å². The second kappa shape index (κ2) is 7.75. The van der Waals surface area contributed by atoms with Crippen LogP contribution in [0.3, 0.4) is 0 Å². The van der Waals surface area contributed by atoms with E-state index < -0.39 is 22.3 Å². The highest BCUT2D eigenvalue weighted by Gasteiger charge is 2.64. The zero-order valence-electron chi connectivity index (χ0n) is 17.6. The van der Waals surface area contributed by atoms with E-state index in [1.807, 2.05) is 4.90 Å². The number of nitro benzene ring substituents is 1. The number of rotatable bonds is 4. The molecule has 1 spiro atoms. The van der Waals surface area contributed by atoms with Gasteiger partial charge in [0.15, 0.2) is 5.78 Å². The van der Waals surface area contributed by atoms with E-state index in [2.05, 4.69) is 10.3 Å². The van der Waals surface area contributed by atoms with E-state index in [9.17, 15) is 19.7 Å². The average molecular weight is 463 g/mol. The van der Waals surface area contributed by atoms with Crippen LogP contribution >= 0.6 is 11.6 Å². The van der Waals surface area contributed by atoms with Gasteiger partial charge in [-0.1, -0.05) is 23.7 Å². The first kappa shape index (κ1) is 21.2. The molecule has 1 amide bonds. The van der Waals surface area contributed by atoms with E-state index in [1.165, 1.54) is 18.3 Å². The summed E-state index contributed by atoms with van der Waals surface area (Å²) < 4.78 is 0. The zero-order valence-corrected chi connectivity index (χ0v) is 18.3. The third-order valence-electron chi connectivity index (χ3n) is 6.65. The standard InChI is InChI=1S/C24H19ClN4O4/c1-28-13-18(14-4-2-6-17(10-14)29(32)33)21(22(30)15-5-3-9-26-12-15)24(28)19-11-16(25)7-8-20(19)27-23(24)31/h2-12,18,21H,13H2,1H3,(H,27,31). The number of aromatic nitrogens is 1. The van der Waals surface area contributed by atoms with Crippen molar-refractivity contribution in [1.82, 2.24) is 9.88 Å². The Bertz CT molecular complexity index is 1300. The molecule has 0 saturated carbocycles. The number of hydrogen-bond donors (Lipinski definition) is 1. The van der Waals surface area contributed by atoms with E-state index in [-0.39, 0.29) is 17.4 Å². The summed E-state index contributed by atoms with van der Waals surface area (Å²) in [4.78, 5) is 44.5. The van der Waals surface area contributed by atoms with Crippen molar-refractivity contribution in [2.24, 2.45) is 5.92 Å². The smallest absolute Gasteiger partial charge is 0.269 e. The Labute approximate surface area is 194 Å². The van der Waals surface area contributed by atoms with E-state index >= 15 is 0 Å². The third-order valence-corrected chi connectivity index (χ3v) is 6.88. The van der Waals surface area contributed by atoms with Crippen molar-refractivity contribution in [2.45, 2.75) is 11.5 Å². The summed E-state index contributed by atoms with van der Waals surface area (Å²) in [5, 5.41) is 14.8. The summed E-state index contributed by atoms with van der Waals surface area (Å²) in [7, 11) is 1.79. The molecule has 3 unspecified atom stereocenters. The maximum atomic E-state index is 14.0. The van der Waals surface area contributed by atoms with E-state index in [0.29, 0.717) is 33.9 Å². The van der Waals surface area contributed by atoms with Crippen molar-refractivity contribution in [3.8, 4) is 0 Å². The molecule has 1 N–H and O–H groups in total. The first-order valence-corrected chi connectivity index (χ1v) is 10.7. The number of likely N-dealkylation sites (tertiary alicyclic amines) is 1. The van der Waals surface area contributed by atoms with Crippen molar-refractivity contribution in [1.29, 1.82) is 0 Å². The molecule has 2 aromatic carbocycles. The van der Waals surface area contributed by atoms with Gasteiger partial charge in [0.05, 0.1) is 10.8 Å². The fourth-order valence-corrected chi connectivity index (χ4v) is 5.44. The molecule has 9 heteroatoms. The molecular weight excluding hydrogens is 444 g/mol. The number of likely N-dealkylation sites (N-methyl/N-ethyl adjacent to an activating group) is 1. The predicted molar refractivity (Wildman–Crippen MR) is 122 cm³/mol. The van der Waals surface area contributed by atoms with Crippen LogP contribution in [0.25, 0.3) is 0 Å². The summed E-state index contributed by atoms with van der Waals surface area (Å²) in [6.45, 7) is 0.344. The average Bonchev–Trinajstić information content (AvgIpc) is 3.29. The highest BCUT2D eigenvalue weighted by molar-refractivity contribution is 6.31. The number of nitrogens with one attached hydrogen (secondary N) is 1. The molecule has 1 saturated heterocycles. The van der Waals surface area contributed by atoms with Crippen LogP contribution in [-0.4, -0.2) is 40.1 Å². The maximum absolute atomic E-state index is 14.0. The van der Waals surface area contributed by atoms with Crippen molar-refractivity contribution < 1.29 is 14.5 Å². The minimum Gasteiger partial charge on any atom is -0.324 e. The van der Waals surface area contributed by atoms with E-state index in [0.717, 1.165) is 0 Å². The number of halogens is 1. The second-order valence-electron chi connectivity index (χ2n) is 8.33. The lowest BCUT2D eigenvalue weighted by Gasteiger charge is -2.35. The molecule has 0 bridgehead atoms. The number of ketones is 1. The number of fused-ring (bicyclic) bond motifs is 2. The van der Waals surface area contributed by atoms with Crippen LogP contribution in [0.2, 0.25) is 5.02 Å². The number of nitro groups is 1. The molecule has 8 nitrogen and oxygen atoms in total. The zero-order chi connectivity index (χ0) is 23.3. The minimum absolute atomic E-state index is 0.0667. The maximum Gasteiger partial charge on any atom is 0.269 e. The van der Waals surface area contributed by atoms with Gasteiger partial charge in [0.25, 0.3) is 5.69 Å². The molecule has 3 aromatic rings. The number of pyridine rings is 1. The quantitative estimate of drug-likeness (QED) is 0.356. The number of non-ortho nitro benzene ring substituents is 1. The van der Waals surface area contributed by atoms with Gasteiger partial charge in [0.2, 0.25) is 5.91 Å². The van der Waals surface area contributed by atoms with Gasteiger partial charge in [-0.05, 0) is 42.9 Å². The summed E-state index contributed by atoms with van der Waals surface area (Å²) in [6, 6.07) is 14.7. The lowest BCUT2D eigenvalue weighted by atomic mass is 9.70. The Hall–Kier alpha value is -3.62. The Morgan fingerprint density at radius 1 is 1.24 bits per heavy atom.